The molecule has 106 valence electrons. The van der Waals surface area contributed by atoms with Crippen molar-refractivity contribution in [2.75, 3.05) is 6.61 Å². The van der Waals surface area contributed by atoms with Gasteiger partial charge >= 0.3 is 0 Å². The second-order valence-corrected chi connectivity index (χ2v) is 6.97. The van der Waals surface area contributed by atoms with Crippen molar-refractivity contribution in [2.24, 2.45) is 5.92 Å². The van der Waals surface area contributed by atoms with Crippen molar-refractivity contribution in [3.63, 3.8) is 0 Å². The van der Waals surface area contributed by atoms with Crippen molar-refractivity contribution in [3.8, 4) is 0 Å². The summed E-state index contributed by atoms with van der Waals surface area (Å²) in [7, 11) is 0. The Balaban J connectivity index is 1.84. The first kappa shape index (κ1) is 14.3. The van der Waals surface area contributed by atoms with Crippen LogP contribution in [0.1, 0.15) is 23.0 Å². The molecule has 1 fully saturated rings. The number of epoxide rings is 1. The fourth-order valence-corrected chi connectivity index (χ4v) is 3.50. The summed E-state index contributed by atoms with van der Waals surface area (Å²) in [5.74, 6) is -1.33. The Hall–Kier alpha value is -0.650. The Morgan fingerprint density at radius 1 is 1.45 bits per heavy atom. The number of fused-ring (bicyclic) bond motifs is 1. The lowest BCUT2D eigenvalue weighted by atomic mass is 9.98. The third-order valence-corrected chi connectivity index (χ3v) is 5.40. The molecule has 2 heterocycles. The first-order chi connectivity index (χ1) is 9.39. The number of carbonyl (C=O) groups excluding carboxylic acids is 1. The third-order valence-electron chi connectivity index (χ3n) is 3.54. The lowest BCUT2D eigenvalue weighted by molar-refractivity contribution is -0.0120. The van der Waals surface area contributed by atoms with E-state index in [0.29, 0.717) is 21.5 Å². The summed E-state index contributed by atoms with van der Waals surface area (Å²) < 4.78 is 5.88. The molecule has 1 aliphatic heterocycles. The molecule has 1 aromatic heterocycles. The van der Waals surface area contributed by atoms with Crippen LogP contribution in [0.15, 0.2) is 18.2 Å². The normalized spacial score (nSPS) is 23.0. The maximum Gasteiger partial charge on any atom is 0.192 e. The fraction of sp³-hybridized carbons (Fsp3) is 0.357. The van der Waals surface area contributed by atoms with Gasteiger partial charge in [0.2, 0.25) is 0 Å². The predicted octanol–water partition coefficient (Wildman–Crippen LogP) is 4.14. The maximum absolute atomic E-state index is 12.2. The van der Waals surface area contributed by atoms with Crippen LogP contribution in [0, 0.1) is 5.92 Å². The topological polar surface area (TPSA) is 49.8 Å². The molecule has 2 atom stereocenters. The SMILES string of the molecule is C[C@@H](CC(=O)c1cc2cc(Cl)c(Cl)cc2s1)C1(O)CO1. The molecule has 1 saturated heterocycles. The molecular formula is C14H12Cl2O3S. The van der Waals surface area contributed by atoms with Crippen LogP contribution >= 0.6 is 34.5 Å². The average molecular weight is 331 g/mol. The molecule has 0 aliphatic carbocycles. The summed E-state index contributed by atoms with van der Waals surface area (Å²) in [5, 5.41) is 11.7. The third kappa shape index (κ3) is 2.59. The first-order valence-electron chi connectivity index (χ1n) is 6.17. The van der Waals surface area contributed by atoms with Gasteiger partial charge in [0.1, 0.15) is 6.61 Å². The summed E-state index contributed by atoms with van der Waals surface area (Å²) in [6.07, 6.45) is 0.255. The van der Waals surface area contributed by atoms with Crippen LogP contribution in [0.3, 0.4) is 0 Å². The number of Topliss-reactive ketones (excluding diaryl/α,β-unsaturated/α-hetero) is 1. The highest BCUT2D eigenvalue weighted by molar-refractivity contribution is 7.20. The van der Waals surface area contributed by atoms with Crippen molar-refractivity contribution in [1.82, 2.24) is 0 Å². The second-order valence-electron chi connectivity index (χ2n) is 5.08. The molecule has 20 heavy (non-hydrogen) atoms. The average Bonchev–Trinajstić information content (AvgIpc) is 3.00. The highest BCUT2D eigenvalue weighted by atomic mass is 35.5. The molecule has 2 aromatic rings. The Morgan fingerprint density at radius 3 is 2.75 bits per heavy atom. The lowest BCUT2D eigenvalue weighted by Gasteiger charge is -2.12. The van der Waals surface area contributed by atoms with E-state index >= 15 is 0 Å². The van der Waals surface area contributed by atoms with Gasteiger partial charge in [0.25, 0.3) is 0 Å². The number of thiophene rings is 1. The van der Waals surface area contributed by atoms with E-state index in [1.165, 1.54) is 11.3 Å². The number of benzene rings is 1. The van der Waals surface area contributed by atoms with Crippen LogP contribution in [-0.4, -0.2) is 23.3 Å². The summed E-state index contributed by atoms with van der Waals surface area (Å²) in [6.45, 7) is 2.12. The van der Waals surface area contributed by atoms with Crippen LogP contribution in [0.2, 0.25) is 10.0 Å². The Labute approximate surface area is 130 Å². The molecule has 0 spiro atoms. The van der Waals surface area contributed by atoms with Gasteiger partial charge in [0, 0.05) is 17.0 Å². The largest absolute Gasteiger partial charge is 0.363 e. The minimum atomic E-state index is -1.11. The van der Waals surface area contributed by atoms with Gasteiger partial charge in [-0.25, -0.2) is 0 Å². The lowest BCUT2D eigenvalue weighted by Crippen LogP contribution is -2.23. The maximum atomic E-state index is 12.2. The summed E-state index contributed by atoms with van der Waals surface area (Å²) in [6, 6.07) is 5.34. The van der Waals surface area contributed by atoms with Gasteiger partial charge < -0.3 is 9.84 Å². The molecule has 0 radical (unpaired) electrons. The van der Waals surface area contributed by atoms with E-state index in [9.17, 15) is 9.90 Å². The van der Waals surface area contributed by atoms with E-state index in [4.69, 9.17) is 27.9 Å². The molecule has 1 aromatic carbocycles. The number of hydrogen-bond donors (Lipinski definition) is 1. The van der Waals surface area contributed by atoms with Gasteiger partial charge in [-0.3, -0.25) is 4.79 Å². The minimum absolute atomic E-state index is 0.00475. The number of halogens is 2. The predicted molar refractivity (Wildman–Crippen MR) is 80.9 cm³/mol. The van der Waals surface area contributed by atoms with E-state index < -0.39 is 5.79 Å². The van der Waals surface area contributed by atoms with Crippen LogP contribution in [0.25, 0.3) is 10.1 Å². The van der Waals surface area contributed by atoms with Crippen molar-refractivity contribution in [2.45, 2.75) is 19.1 Å². The number of ether oxygens (including phenoxy) is 1. The minimum Gasteiger partial charge on any atom is -0.363 e. The fourth-order valence-electron chi connectivity index (χ4n) is 2.07. The molecule has 1 N–H and O–H groups in total. The summed E-state index contributed by atoms with van der Waals surface area (Å²) in [4.78, 5) is 12.9. The molecule has 0 amide bonds. The number of rotatable bonds is 4. The van der Waals surface area contributed by atoms with Gasteiger partial charge in [0.05, 0.1) is 14.9 Å². The Bertz CT molecular complexity index is 652. The Morgan fingerprint density at radius 2 is 2.10 bits per heavy atom. The molecule has 1 aliphatic rings. The van der Waals surface area contributed by atoms with Crippen LogP contribution in [0.4, 0.5) is 0 Å². The van der Waals surface area contributed by atoms with Crippen molar-refractivity contribution in [3.05, 3.63) is 33.1 Å². The monoisotopic (exact) mass is 330 g/mol. The zero-order chi connectivity index (χ0) is 14.5. The second kappa shape index (κ2) is 4.97. The van der Waals surface area contributed by atoms with Crippen molar-refractivity contribution >= 4 is 50.4 Å². The summed E-state index contributed by atoms with van der Waals surface area (Å²) >= 11 is 13.3. The number of aliphatic hydroxyl groups is 1. The number of hydrogen-bond acceptors (Lipinski definition) is 4. The zero-order valence-corrected chi connectivity index (χ0v) is 13.0. The van der Waals surface area contributed by atoms with E-state index in [1.54, 1.807) is 12.1 Å². The van der Waals surface area contributed by atoms with Crippen LogP contribution < -0.4 is 0 Å². The quantitative estimate of drug-likeness (QED) is 0.677. The first-order valence-corrected chi connectivity index (χ1v) is 7.74. The molecule has 0 bridgehead atoms. The van der Waals surface area contributed by atoms with E-state index in [2.05, 4.69) is 0 Å². The van der Waals surface area contributed by atoms with E-state index in [1.807, 2.05) is 13.0 Å². The van der Waals surface area contributed by atoms with Crippen LogP contribution in [-0.2, 0) is 4.74 Å². The van der Waals surface area contributed by atoms with Gasteiger partial charge in [0.15, 0.2) is 11.6 Å². The highest BCUT2D eigenvalue weighted by Gasteiger charge is 2.48. The summed E-state index contributed by atoms with van der Waals surface area (Å²) in [5.41, 5.74) is 0. The molecule has 1 unspecified atom stereocenters. The number of carbonyl (C=O) groups is 1. The highest BCUT2D eigenvalue weighted by Crippen LogP contribution is 2.37. The Kier molecular flexibility index (Phi) is 3.55. The standard InChI is InChI=1S/C14H12Cl2O3S/c1-7(14(18)6-19-14)2-11(17)13-4-8-3-9(15)10(16)5-12(8)20-13/h3-5,7,18H,2,6H2,1H3/t7-,14?/m0/s1. The van der Waals surface area contributed by atoms with Gasteiger partial charge in [-0.05, 0) is 23.6 Å². The smallest absolute Gasteiger partial charge is 0.192 e. The molecule has 0 saturated carbocycles. The number of ketones is 1. The van der Waals surface area contributed by atoms with E-state index in [0.717, 1.165) is 10.1 Å². The van der Waals surface area contributed by atoms with E-state index in [-0.39, 0.29) is 18.1 Å². The molecular weight excluding hydrogens is 319 g/mol. The van der Waals surface area contributed by atoms with Crippen molar-refractivity contribution in [1.29, 1.82) is 0 Å². The molecule has 6 heteroatoms. The molecule has 3 nitrogen and oxygen atoms in total. The van der Waals surface area contributed by atoms with Gasteiger partial charge in [-0.1, -0.05) is 30.1 Å². The van der Waals surface area contributed by atoms with Gasteiger partial charge in [-0.15, -0.1) is 11.3 Å². The molecule has 3 rings (SSSR count). The zero-order valence-electron chi connectivity index (χ0n) is 10.7. The van der Waals surface area contributed by atoms with Crippen LogP contribution in [0.5, 0.6) is 0 Å². The van der Waals surface area contributed by atoms with Gasteiger partial charge in [-0.2, -0.15) is 0 Å². The van der Waals surface area contributed by atoms with Crippen molar-refractivity contribution < 1.29 is 14.6 Å².